The molecule has 6 nitrogen and oxygen atoms in total. The van der Waals surface area contributed by atoms with Crippen molar-refractivity contribution in [1.29, 1.82) is 0 Å². The summed E-state index contributed by atoms with van der Waals surface area (Å²) in [4.78, 5) is -0.0509. The quantitative estimate of drug-likeness (QED) is 0.0445. The van der Waals surface area contributed by atoms with Crippen molar-refractivity contribution in [3.63, 3.8) is 0 Å². The SMILES string of the molecule is CCCCCCc1cccc2ccc(S(=O)(=O)[O-])c(CCCCCC)c12.CCCCCCc1cccc2ccc(S(=O)(=O)[O-])c(CCCCCC)c12.[Ca+2]. The maximum absolute atomic E-state index is 11.8. The van der Waals surface area contributed by atoms with Gasteiger partial charge in [0.1, 0.15) is 20.2 Å². The zero-order chi connectivity index (χ0) is 38.0. The van der Waals surface area contributed by atoms with Gasteiger partial charge in [0.25, 0.3) is 0 Å². The van der Waals surface area contributed by atoms with Crippen molar-refractivity contribution in [2.24, 2.45) is 0 Å². The van der Waals surface area contributed by atoms with Gasteiger partial charge in [-0.2, -0.15) is 0 Å². The Morgan fingerprint density at radius 2 is 0.736 bits per heavy atom. The van der Waals surface area contributed by atoms with Crippen molar-refractivity contribution in [1.82, 2.24) is 0 Å². The number of fused-ring (bicyclic) bond motifs is 2. The number of hydrogen-bond acceptors (Lipinski definition) is 6. The van der Waals surface area contributed by atoms with Crippen molar-refractivity contribution < 1.29 is 25.9 Å². The number of unbranched alkanes of at least 4 members (excludes halogenated alkanes) is 12. The molecule has 0 aliphatic carbocycles. The fraction of sp³-hybridized carbons (Fsp3) is 0.545. The van der Waals surface area contributed by atoms with Gasteiger partial charge in [0.15, 0.2) is 0 Å². The second kappa shape index (κ2) is 24.9. The zero-order valence-corrected chi connectivity index (χ0v) is 36.7. The van der Waals surface area contributed by atoms with E-state index in [1.165, 1.54) is 61.8 Å². The van der Waals surface area contributed by atoms with Gasteiger partial charge < -0.3 is 9.11 Å². The van der Waals surface area contributed by atoms with Gasteiger partial charge in [0.2, 0.25) is 0 Å². The Kier molecular flexibility index (Phi) is 22.4. The molecule has 0 saturated carbocycles. The van der Waals surface area contributed by atoms with Crippen LogP contribution in [0, 0.1) is 0 Å². The van der Waals surface area contributed by atoms with Crippen LogP contribution < -0.4 is 0 Å². The van der Waals surface area contributed by atoms with Crippen LogP contribution in [-0.4, -0.2) is 63.7 Å². The Labute approximate surface area is 351 Å². The van der Waals surface area contributed by atoms with E-state index in [0.29, 0.717) is 12.8 Å². The Bertz CT molecular complexity index is 1770. The summed E-state index contributed by atoms with van der Waals surface area (Å²) in [6, 6.07) is 18.8. The molecule has 0 saturated heterocycles. The number of hydrogen-bond donors (Lipinski definition) is 0. The van der Waals surface area contributed by atoms with Crippen LogP contribution in [0.15, 0.2) is 70.5 Å². The van der Waals surface area contributed by atoms with Crippen molar-refractivity contribution in [3.8, 4) is 0 Å². The van der Waals surface area contributed by atoms with Crippen LogP contribution >= 0.6 is 0 Å². The summed E-state index contributed by atoms with van der Waals surface area (Å²) in [5.41, 5.74) is 3.82. The van der Waals surface area contributed by atoms with E-state index < -0.39 is 20.2 Å². The summed E-state index contributed by atoms with van der Waals surface area (Å²) in [5.74, 6) is 0. The summed E-state index contributed by atoms with van der Waals surface area (Å²) in [6.45, 7) is 8.69. The predicted octanol–water partition coefficient (Wildman–Crippen LogP) is 11.6. The van der Waals surface area contributed by atoms with Crippen LogP contribution in [0.3, 0.4) is 0 Å². The molecule has 288 valence electrons. The van der Waals surface area contributed by atoms with Crippen LogP contribution in [-0.2, 0) is 45.9 Å². The topological polar surface area (TPSA) is 114 Å². The number of aryl methyl sites for hydroxylation is 4. The minimum Gasteiger partial charge on any atom is -0.744 e. The first-order valence-electron chi connectivity index (χ1n) is 20.0. The first-order chi connectivity index (χ1) is 25.0. The summed E-state index contributed by atoms with van der Waals surface area (Å²) >= 11 is 0. The third-order valence-corrected chi connectivity index (χ3v) is 11.9. The molecule has 0 aromatic heterocycles. The average Bonchev–Trinajstić information content (AvgIpc) is 3.11. The van der Waals surface area contributed by atoms with Crippen molar-refractivity contribution >= 4 is 79.5 Å². The minimum atomic E-state index is -4.46. The Morgan fingerprint density at radius 1 is 0.415 bits per heavy atom. The number of benzene rings is 4. The van der Waals surface area contributed by atoms with Gasteiger partial charge in [-0.15, -0.1) is 0 Å². The standard InChI is InChI=1S/2C22H32O3S.Ca/c2*1-3-5-7-9-12-18-13-11-14-19-16-17-21(26(23,24)25)20(22(18)19)15-10-8-6-4-2;/h2*11,13-14,16-17H,3-10,12,15H2,1-2H3,(H,23,24,25);/q;;+2/p-2. The third-order valence-electron chi connectivity index (χ3n) is 10.1. The molecule has 53 heavy (non-hydrogen) atoms. The smallest absolute Gasteiger partial charge is 0.744 e. The van der Waals surface area contributed by atoms with Crippen molar-refractivity contribution in [3.05, 3.63) is 82.9 Å². The van der Waals surface area contributed by atoms with Crippen LogP contribution in [0.5, 0.6) is 0 Å². The Hall–Kier alpha value is -1.52. The molecular formula is C44H62CaO6S2. The molecule has 0 amide bonds. The van der Waals surface area contributed by atoms with Gasteiger partial charge in [-0.3, -0.25) is 0 Å². The average molecular weight is 791 g/mol. The van der Waals surface area contributed by atoms with Crippen molar-refractivity contribution in [2.45, 2.75) is 166 Å². The molecule has 0 unspecified atom stereocenters. The summed E-state index contributed by atoms with van der Waals surface area (Å²) in [7, 11) is -8.93. The van der Waals surface area contributed by atoms with Gasteiger partial charge in [-0.1, -0.05) is 153 Å². The fourth-order valence-corrected chi connectivity index (χ4v) is 8.84. The van der Waals surface area contributed by atoms with E-state index in [4.69, 9.17) is 0 Å². The first-order valence-corrected chi connectivity index (χ1v) is 22.8. The van der Waals surface area contributed by atoms with Gasteiger partial charge in [-0.05, 0) is 107 Å². The third kappa shape index (κ3) is 15.2. The van der Waals surface area contributed by atoms with E-state index in [1.54, 1.807) is 12.1 Å². The molecule has 0 bridgehead atoms. The maximum Gasteiger partial charge on any atom is 2.00 e. The normalized spacial score (nSPS) is 11.7. The van der Waals surface area contributed by atoms with E-state index in [9.17, 15) is 25.9 Å². The molecule has 0 heterocycles. The second-order valence-corrected chi connectivity index (χ2v) is 17.0. The van der Waals surface area contributed by atoms with Gasteiger partial charge in [-0.25, -0.2) is 16.8 Å². The minimum absolute atomic E-state index is 0. The first kappa shape index (κ1) is 47.6. The zero-order valence-electron chi connectivity index (χ0n) is 32.9. The van der Waals surface area contributed by atoms with Crippen molar-refractivity contribution in [2.75, 3.05) is 0 Å². The molecule has 0 atom stereocenters. The van der Waals surface area contributed by atoms with Gasteiger partial charge >= 0.3 is 37.7 Å². The molecule has 0 aliphatic heterocycles. The monoisotopic (exact) mass is 790 g/mol. The van der Waals surface area contributed by atoms with Crippen LogP contribution in [0.25, 0.3) is 21.5 Å². The molecular weight excluding hydrogens is 729 g/mol. The van der Waals surface area contributed by atoms with E-state index in [2.05, 4.69) is 39.8 Å². The largest absolute Gasteiger partial charge is 2.00 e. The summed E-state index contributed by atoms with van der Waals surface area (Å²) in [5, 5.41) is 4.07. The van der Waals surface area contributed by atoms with E-state index in [1.807, 2.05) is 24.3 Å². The second-order valence-electron chi connectivity index (χ2n) is 14.3. The van der Waals surface area contributed by atoms with Crippen LogP contribution in [0.2, 0.25) is 0 Å². The van der Waals surface area contributed by atoms with E-state index in [0.717, 1.165) is 110 Å². The number of rotatable bonds is 22. The Balaban J connectivity index is 0.000000360. The molecule has 0 N–H and O–H groups in total. The van der Waals surface area contributed by atoms with Crippen LogP contribution in [0.4, 0.5) is 0 Å². The fourth-order valence-electron chi connectivity index (χ4n) is 7.36. The molecule has 0 radical (unpaired) electrons. The molecule has 4 rings (SSSR count). The van der Waals surface area contributed by atoms with Gasteiger partial charge in [0, 0.05) is 0 Å². The maximum atomic E-state index is 11.8. The van der Waals surface area contributed by atoms with Crippen LogP contribution in [0.1, 0.15) is 153 Å². The molecule has 0 spiro atoms. The van der Waals surface area contributed by atoms with E-state index >= 15 is 0 Å². The summed E-state index contributed by atoms with van der Waals surface area (Å²) < 4.78 is 71.0. The molecule has 4 aromatic carbocycles. The Morgan fingerprint density at radius 3 is 1.04 bits per heavy atom. The molecule has 0 aliphatic rings. The molecule has 0 fully saturated rings. The molecule has 9 heteroatoms. The molecule has 4 aromatic rings. The van der Waals surface area contributed by atoms with Gasteiger partial charge in [0.05, 0.1) is 9.79 Å². The predicted molar refractivity (Wildman–Crippen MR) is 221 cm³/mol. The van der Waals surface area contributed by atoms with E-state index in [-0.39, 0.29) is 47.5 Å². The summed E-state index contributed by atoms with van der Waals surface area (Å²) in [6.07, 6.45) is 21.0.